The van der Waals surface area contributed by atoms with Crippen LogP contribution in [0.1, 0.15) is 35.6 Å². The number of carbonyl (C=O) groups excluding carboxylic acids is 1. The van der Waals surface area contributed by atoms with Crippen LogP contribution in [0.25, 0.3) is 0 Å². The second-order valence-corrected chi connectivity index (χ2v) is 4.20. The van der Waals surface area contributed by atoms with Crippen molar-refractivity contribution in [1.82, 2.24) is 9.55 Å². The smallest absolute Gasteiger partial charge is 0.219 e. The Morgan fingerprint density at radius 1 is 1.39 bits per heavy atom. The predicted molar refractivity (Wildman–Crippen MR) is 70.2 cm³/mol. The van der Waals surface area contributed by atoms with Crippen molar-refractivity contribution in [1.29, 1.82) is 0 Å². The molecule has 0 aliphatic carbocycles. The molecular weight excluding hydrogens is 226 g/mol. The van der Waals surface area contributed by atoms with Gasteiger partial charge in [0.2, 0.25) is 5.78 Å². The van der Waals surface area contributed by atoms with Crippen LogP contribution in [0.4, 0.5) is 0 Å². The van der Waals surface area contributed by atoms with E-state index in [9.17, 15) is 4.79 Å². The number of hydrogen-bond donors (Lipinski definition) is 1. The fraction of sp³-hybridized carbons (Fsp3) is 0.286. The van der Waals surface area contributed by atoms with Gasteiger partial charge in [0.05, 0.1) is 6.04 Å². The third kappa shape index (κ3) is 2.49. The minimum absolute atomic E-state index is 0.139. The van der Waals surface area contributed by atoms with Gasteiger partial charge in [-0.2, -0.15) is 0 Å². The molecule has 94 valence electrons. The van der Waals surface area contributed by atoms with E-state index in [1.54, 1.807) is 6.20 Å². The standard InChI is InChI=1S/C14H17N3O/c1-2-9-17-10-8-16-14(17)13(18)12(15)11-6-4-3-5-7-11/h3-8,10,12H,2,9,15H2,1H3. The van der Waals surface area contributed by atoms with Crippen molar-refractivity contribution in [3.63, 3.8) is 0 Å². The molecule has 1 heterocycles. The van der Waals surface area contributed by atoms with Crippen LogP contribution in [0.3, 0.4) is 0 Å². The maximum Gasteiger partial charge on any atom is 0.219 e. The lowest BCUT2D eigenvalue weighted by Crippen LogP contribution is -2.24. The summed E-state index contributed by atoms with van der Waals surface area (Å²) in [6.45, 7) is 2.84. The maximum atomic E-state index is 12.3. The zero-order valence-electron chi connectivity index (χ0n) is 10.4. The molecule has 1 aromatic heterocycles. The zero-order chi connectivity index (χ0) is 13.0. The Hall–Kier alpha value is -1.94. The van der Waals surface area contributed by atoms with Gasteiger partial charge in [0.1, 0.15) is 0 Å². The van der Waals surface area contributed by atoms with Crippen LogP contribution < -0.4 is 5.73 Å². The summed E-state index contributed by atoms with van der Waals surface area (Å²) in [5.41, 5.74) is 6.81. The Morgan fingerprint density at radius 2 is 2.11 bits per heavy atom. The number of carbonyl (C=O) groups is 1. The van der Waals surface area contributed by atoms with E-state index in [0.29, 0.717) is 5.82 Å². The molecule has 0 aliphatic heterocycles. The van der Waals surface area contributed by atoms with Gasteiger partial charge < -0.3 is 10.3 Å². The van der Waals surface area contributed by atoms with Crippen LogP contribution in [-0.2, 0) is 6.54 Å². The molecular formula is C14H17N3O. The average Bonchev–Trinajstić information content (AvgIpc) is 2.87. The van der Waals surface area contributed by atoms with Gasteiger partial charge in [-0.05, 0) is 12.0 Å². The molecule has 0 bridgehead atoms. The van der Waals surface area contributed by atoms with Crippen molar-refractivity contribution in [2.24, 2.45) is 5.73 Å². The largest absolute Gasteiger partial charge is 0.328 e. The molecule has 0 radical (unpaired) electrons. The Bertz CT molecular complexity index is 519. The van der Waals surface area contributed by atoms with Crippen molar-refractivity contribution in [3.05, 3.63) is 54.1 Å². The molecule has 0 spiro atoms. The molecule has 1 aromatic carbocycles. The highest BCUT2D eigenvalue weighted by molar-refractivity contribution is 5.97. The van der Waals surface area contributed by atoms with Gasteiger partial charge in [0.15, 0.2) is 5.82 Å². The molecule has 0 saturated heterocycles. The number of rotatable bonds is 5. The number of benzene rings is 1. The molecule has 18 heavy (non-hydrogen) atoms. The third-order valence-electron chi connectivity index (χ3n) is 2.84. The lowest BCUT2D eigenvalue weighted by atomic mass is 10.0. The summed E-state index contributed by atoms with van der Waals surface area (Å²) in [4.78, 5) is 16.4. The van der Waals surface area contributed by atoms with Gasteiger partial charge in [0.25, 0.3) is 0 Å². The summed E-state index contributed by atoms with van der Waals surface area (Å²) >= 11 is 0. The molecule has 1 unspecified atom stereocenters. The zero-order valence-corrected chi connectivity index (χ0v) is 10.4. The van der Waals surface area contributed by atoms with Gasteiger partial charge in [-0.1, -0.05) is 37.3 Å². The average molecular weight is 243 g/mol. The number of ketones is 1. The summed E-state index contributed by atoms with van der Waals surface area (Å²) in [6.07, 6.45) is 4.41. The summed E-state index contributed by atoms with van der Waals surface area (Å²) < 4.78 is 1.85. The first kappa shape index (κ1) is 12.5. The van der Waals surface area contributed by atoms with Crippen LogP contribution >= 0.6 is 0 Å². The lowest BCUT2D eigenvalue weighted by Gasteiger charge is -2.11. The fourth-order valence-electron chi connectivity index (χ4n) is 1.91. The van der Waals surface area contributed by atoms with Crippen molar-refractivity contribution >= 4 is 5.78 Å². The highest BCUT2D eigenvalue weighted by atomic mass is 16.1. The maximum absolute atomic E-state index is 12.3. The summed E-state index contributed by atoms with van der Waals surface area (Å²) in [5, 5.41) is 0. The molecule has 1 atom stereocenters. The SMILES string of the molecule is CCCn1ccnc1C(=O)C(N)c1ccccc1. The molecule has 0 amide bonds. The van der Waals surface area contributed by atoms with Crippen LogP contribution in [0.2, 0.25) is 0 Å². The lowest BCUT2D eigenvalue weighted by molar-refractivity contribution is 0.0946. The molecule has 0 aliphatic rings. The molecule has 0 fully saturated rings. The number of nitrogens with zero attached hydrogens (tertiary/aromatic N) is 2. The minimum Gasteiger partial charge on any atom is -0.328 e. The van der Waals surface area contributed by atoms with Gasteiger partial charge in [0, 0.05) is 18.9 Å². The number of hydrogen-bond acceptors (Lipinski definition) is 3. The van der Waals surface area contributed by atoms with E-state index >= 15 is 0 Å². The monoisotopic (exact) mass is 243 g/mol. The van der Waals surface area contributed by atoms with Gasteiger partial charge >= 0.3 is 0 Å². The molecule has 2 N–H and O–H groups in total. The van der Waals surface area contributed by atoms with Crippen molar-refractivity contribution < 1.29 is 4.79 Å². The Morgan fingerprint density at radius 3 is 2.78 bits per heavy atom. The number of imidazole rings is 1. The van der Waals surface area contributed by atoms with Crippen molar-refractivity contribution in [2.75, 3.05) is 0 Å². The van der Waals surface area contributed by atoms with E-state index in [2.05, 4.69) is 11.9 Å². The first-order valence-electron chi connectivity index (χ1n) is 6.10. The normalized spacial score (nSPS) is 12.3. The highest BCUT2D eigenvalue weighted by Gasteiger charge is 2.21. The number of nitrogens with two attached hydrogens (primary N) is 1. The summed E-state index contributed by atoms with van der Waals surface area (Å²) in [6, 6.07) is 8.72. The van der Waals surface area contributed by atoms with Gasteiger partial charge in [-0.15, -0.1) is 0 Å². The topological polar surface area (TPSA) is 60.9 Å². The van der Waals surface area contributed by atoms with E-state index in [1.807, 2.05) is 41.1 Å². The van der Waals surface area contributed by atoms with E-state index in [4.69, 9.17) is 5.73 Å². The second-order valence-electron chi connectivity index (χ2n) is 4.20. The molecule has 4 nitrogen and oxygen atoms in total. The number of aryl methyl sites for hydroxylation is 1. The van der Waals surface area contributed by atoms with Gasteiger partial charge in [-0.3, -0.25) is 4.79 Å². The highest BCUT2D eigenvalue weighted by Crippen LogP contribution is 2.15. The molecule has 4 heteroatoms. The van der Waals surface area contributed by atoms with E-state index < -0.39 is 6.04 Å². The van der Waals surface area contributed by atoms with Crippen LogP contribution in [-0.4, -0.2) is 15.3 Å². The fourth-order valence-corrected chi connectivity index (χ4v) is 1.91. The number of Topliss-reactive ketones (excluding diaryl/α,β-unsaturated/α-hetero) is 1. The first-order valence-corrected chi connectivity index (χ1v) is 6.10. The Kier molecular flexibility index (Phi) is 3.89. The van der Waals surface area contributed by atoms with E-state index in [-0.39, 0.29) is 5.78 Å². The molecule has 2 aromatic rings. The predicted octanol–water partition coefficient (Wildman–Crippen LogP) is 2.18. The van der Waals surface area contributed by atoms with Crippen LogP contribution in [0.5, 0.6) is 0 Å². The third-order valence-corrected chi connectivity index (χ3v) is 2.84. The van der Waals surface area contributed by atoms with Gasteiger partial charge in [-0.25, -0.2) is 4.98 Å². The quantitative estimate of drug-likeness (QED) is 0.819. The van der Waals surface area contributed by atoms with Crippen LogP contribution in [0.15, 0.2) is 42.7 Å². The minimum atomic E-state index is -0.649. The van der Waals surface area contributed by atoms with Crippen LogP contribution in [0, 0.1) is 0 Å². The molecule has 0 saturated carbocycles. The van der Waals surface area contributed by atoms with E-state index in [1.165, 1.54) is 0 Å². The van der Waals surface area contributed by atoms with Crippen molar-refractivity contribution in [3.8, 4) is 0 Å². The van der Waals surface area contributed by atoms with E-state index in [0.717, 1.165) is 18.5 Å². The summed E-state index contributed by atoms with van der Waals surface area (Å²) in [7, 11) is 0. The first-order chi connectivity index (χ1) is 8.74. The molecule has 2 rings (SSSR count). The second kappa shape index (κ2) is 5.60. The summed E-state index contributed by atoms with van der Waals surface area (Å²) in [5.74, 6) is 0.299. The van der Waals surface area contributed by atoms with Crippen molar-refractivity contribution in [2.45, 2.75) is 25.9 Å². The Labute approximate surface area is 106 Å². The number of aromatic nitrogens is 2. The Balaban J connectivity index is 2.23.